The predicted octanol–water partition coefficient (Wildman–Crippen LogP) is 4.22. The number of rotatable bonds is 1. The van der Waals surface area contributed by atoms with E-state index in [-0.39, 0.29) is 16.7 Å². The highest BCUT2D eigenvalue weighted by atomic mass is 16.4. The van der Waals surface area contributed by atoms with Crippen LogP contribution in [0.15, 0.2) is 11.6 Å². The molecule has 3 nitrogen and oxygen atoms in total. The molecule has 3 heteroatoms. The van der Waals surface area contributed by atoms with Crippen molar-refractivity contribution in [1.82, 2.24) is 0 Å². The molecule has 4 aliphatic carbocycles. The highest BCUT2D eigenvalue weighted by Gasteiger charge is 2.59. The lowest BCUT2D eigenvalue weighted by Crippen LogP contribution is -2.50. The monoisotopic (exact) mass is 316 g/mol. The van der Waals surface area contributed by atoms with Crippen molar-refractivity contribution in [3.05, 3.63) is 11.6 Å². The molecule has 0 heterocycles. The molecule has 1 N–H and O–H groups in total. The fourth-order valence-electron chi connectivity index (χ4n) is 6.88. The van der Waals surface area contributed by atoms with E-state index in [9.17, 15) is 14.7 Å². The molecule has 6 atom stereocenters. The second kappa shape index (κ2) is 4.94. The van der Waals surface area contributed by atoms with Crippen LogP contribution in [0, 0.1) is 34.5 Å². The zero-order valence-electron chi connectivity index (χ0n) is 14.3. The summed E-state index contributed by atoms with van der Waals surface area (Å²) in [6.45, 7) is 4.63. The van der Waals surface area contributed by atoms with Gasteiger partial charge in [0.1, 0.15) is 5.78 Å². The molecule has 1 unspecified atom stereocenters. The van der Waals surface area contributed by atoms with Crippen molar-refractivity contribution in [2.75, 3.05) is 0 Å². The number of ketones is 1. The second-order valence-electron chi connectivity index (χ2n) is 8.99. The average Bonchev–Trinajstić information content (AvgIpc) is 2.85. The van der Waals surface area contributed by atoms with E-state index < -0.39 is 5.97 Å². The van der Waals surface area contributed by atoms with E-state index in [1.165, 1.54) is 5.57 Å². The molecule has 23 heavy (non-hydrogen) atoms. The summed E-state index contributed by atoms with van der Waals surface area (Å²) in [4.78, 5) is 23.6. The van der Waals surface area contributed by atoms with Crippen molar-refractivity contribution in [3.8, 4) is 0 Å². The number of carboxylic acid groups (broad SMARTS) is 1. The van der Waals surface area contributed by atoms with Gasteiger partial charge in [-0.1, -0.05) is 25.5 Å². The van der Waals surface area contributed by atoms with E-state index in [0.29, 0.717) is 30.0 Å². The molecule has 0 amide bonds. The van der Waals surface area contributed by atoms with E-state index in [4.69, 9.17) is 0 Å². The number of carboxylic acids is 1. The first-order chi connectivity index (χ1) is 10.9. The van der Waals surface area contributed by atoms with Crippen LogP contribution >= 0.6 is 0 Å². The first kappa shape index (κ1) is 15.4. The number of fused-ring (bicyclic) bond motifs is 5. The topological polar surface area (TPSA) is 54.4 Å². The molecular weight excluding hydrogens is 288 g/mol. The van der Waals surface area contributed by atoms with Gasteiger partial charge in [-0.05, 0) is 67.1 Å². The fourth-order valence-corrected chi connectivity index (χ4v) is 6.88. The summed E-state index contributed by atoms with van der Waals surface area (Å²) < 4.78 is 0. The standard InChI is InChI=1S/C20H28O3/c1-19-9-7-13(21)11-12(19)3-4-14-15-5-6-17(18(22)23)20(15,2)10-8-16(14)19/h3,14-17H,4-11H2,1-2H3,(H,22,23)/t14-,15-,16-,17?,19-,20-/m0/s1. The van der Waals surface area contributed by atoms with Gasteiger partial charge in [-0.15, -0.1) is 0 Å². The molecule has 4 aliphatic rings. The quantitative estimate of drug-likeness (QED) is 0.737. The summed E-state index contributed by atoms with van der Waals surface area (Å²) in [5, 5.41) is 9.63. The van der Waals surface area contributed by atoms with Gasteiger partial charge in [0.2, 0.25) is 0 Å². The molecule has 0 aromatic heterocycles. The summed E-state index contributed by atoms with van der Waals surface area (Å²) in [5.41, 5.74) is 1.57. The molecule has 0 aromatic rings. The minimum absolute atomic E-state index is 0.0147. The molecule has 126 valence electrons. The van der Waals surface area contributed by atoms with Crippen molar-refractivity contribution in [2.24, 2.45) is 34.5 Å². The van der Waals surface area contributed by atoms with Crippen LogP contribution in [0.3, 0.4) is 0 Å². The normalized spacial score (nSPS) is 49.0. The van der Waals surface area contributed by atoms with Crippen LogP contribution in [0.4, 0.5) is 0 Å². The number of carbonyl (C=O) groups excluding carboxylic acids is 1. The fraction of sp³-hybridized carbons (Fsp3) is 0.800. The highest BCUT2D eigenvalue weighted by Crippen LogP contribution is 2.65. The first-order valence-corrected chi connectivity index (χ1v) is 9.30. The maximum Gasteiger partial charge on any atom is 0.307 e. The summed E-state index contributed by atoms with van der Waals surface area (Å²) in [5.74, 6) is 1.49. The second-order valence-corrected chi connectivity index (χ2v) is 8.99. The van der Waals surface area contributed by atoms with Crippen LogP contribution in [0.2, 0.25) is 0 Å². The van der Waals surface area contributed by atoms with Crippen molar-refractivity contribution in [1.29, 1.82) is 0 Å². The molecule has 0 spiro atoms. The molecule has 0 radical (unpaired) electrons. The van der Waals surface area contributed by atoms with Gasteiger partial charge in [0.15, 0.2) is 0 Å². The smallest absolute Gasteiger partial charge is 0.307 e. The SMILES string of the molecule is C[C@]12CCC(=O)CC1=CC[C@@H]1[C@@H]2CC[C@]2(C)C(C(=O)O)CC[C@@H]12. The van der Waals surface area contributed by atoms with Crippen LogP contribution < -0.4 is 0 Å². The van der Waals surface area contributed by atoms with E-state index in [2.05, 4.69) is 19.9 Å². The Morgan fingerprint density at radius 3 is 2.70 bits per heavy atom. The molecule has 0 bridgehead atoms. The Balaban J connectivity index is 1.67. The van der Waals surface area contributed by atoms with Crippen LogP contribution in [0.5, 0.6) is 0 Å². The summed E-state index contributed by atoms with van der Waals surface area (Å²) in [6, 6.07) is 0. The maximum atomic E-state index is 11.9. The van der Waals surface area contributed by atoms with E-state index in [1.54, 1.807) is 0 Å². The minimum Gasteiger partial charge on any atom is -0.481 e. The lowest BCUT2D eigenvalue weighted by Gasteiger charge is -2.57. The molecule has 3 fully saturated rings. The largest absolute Gasteiger partial charge is 0.481 e. The lowest BCUT2D eigenvalue weighted by atomic mass is 9.47. The van der Waals surface area contributed by atoms with Crippen LogP contribution in [-0.2, 0) is 9.59 Å². The third-order valence-corrected chi connectivity index (χ3v) is 8.23. The Labute approximate surface area is 138 Å². The Hall–Kier alpha value is -1.12. The summed E-state index contributed by atoms with van der Waals surface area (Å²) >= 11 is 0. The van der Waals surface area contributed by atoms with Crippen molar-refractivity contribution >= 4 is 11.8 Å². The van der Waals surface area contributed by atoms with Gasteiger partial charge < -0.3 is 5.11 Å². The molecule has 0 saturated heterocycles. The van der Waals surface area contributed by atoms with Crippen LogP contribution in [0.1, 0.15) is 65.2 Å². The van der Waals surface area contributed by atoms with Crippen molar-refractivity contribution in [3.63, 3.8) is 0 Å². The van der Waals surface area contributed by atoms with E-state index in [1.807, 2.05) is 0 Å². The van der Waals surface area contributed by atoms with Crippen LogP contribution in [0.25, 0.3) is 0 Å². The maximum absolute atomic E-state index is 11.9. The van der Waals surface area contributed by atoms with Gasteiger partial charge in [-0.2, -0.15) is 0 Å². The zero-order chi connectivity index (χ0) is 16.4. The van der Waals surface area contributed by atoms with Crippen LogP contribution in [-0.4, -0.2) is 16.9 Å². The zero-order valence-corrected chi connectivity index (χ0v) is 14.3. The number of hydrogen-bond acceptors (Lipinski definition) is 2. The minimum atomic E-state index is -0.588. The van der Waals surface area contributed by atoms with Crippen molar-refractivity contribution < 1.29 is 14.7 Å². The Bertz CT molecular complexity index is 592. The lowest BCUT2D eigenvalue weighted by molar-refractivity contribution is -0.149. The highest BCUT2D eigenvalue weighted by molar-refractivity contribution is 5.82. The molecule has 0 aromatic carbocycles. The molecule has 0 aliphatic heterocycles. The Kier molecular flexibility index (Phi) is 3.31. The number of hydrogen-bond donors (Lipinski definition) is 1. The number of Topliss-reactive ketones (excluding diaryl/α,β-unsaturated/α-hetero) is 1. The van der Waals surface area contributed by atoms with Gasteiger partial charge in [0.05, 0.1) is 5.92 Å². The molecular formula is C20H28O3. The number of aliphatic carboxylic acids is 1. The Morgan fingerprint density at radius 2 is 1.96 bits per heavy atom. The van der Waals surface area contributed by atoms with Gasteiger partial charge in [-0.3, -0.25) is 9.59 Å². The predicted molar refractivity (Wildman–Crippen MR) is 87.8 cm³/mol. The van der Waals surface area contributed by atoms with E-state index >= 15 is 0 Å². The van der Waals surface area contributed by atoms with Gasteiger partial charge in [-0.25, -0.2) is 0 Å². The Morgan fingerprint density at radius 1 is 1.17 bits per heavy atom. The van der Waals surface area contributed by atoms with E-state index in [0.717, 1.165) is 44.9 Å². The summed E-state index contributed by atoms with van der Waals surface area (Å²) in [7, 11) is 0. The number of carbonyl (C=O) groups is 2. The first-order valence-electron chi connectivity index (χ1n) is 9.30. The van der Waals surface area contributed by atoms with Gasteiger partial charge in [0.25, 0.3) is 0 Å². The average molecular weight is 316 g/mol. The summed E-state index contributed by atoms with van der Waals surface area (Å²) in [6.07, 6.45) is 9.95. The van der Waals surface area contributed by atoms with Gasteiger partial charge in [0, 0.05) is 12.8 Å². The molecule has 3 saturated carbocycles. The third-order valence-electron chi connectivity index (χ3n) is 8.23. The van der Waals surface area contributed by atoms with Gasteiger partial charge >= 0.3 is 5.97 Å². The number of allylic oxidation sites excluding steroid dienone is 2. The third kappa shape index (κ3) is 2.01. The van der Waals surface area contributed by atoms with Crippen molar-refractivity contribution in [2.45, 2.75) is 65.2 Å². The molecule has 4 rings (SSSR count).